The predicted octanol–water partition coefficient (Wildman–Crippen LogP) is 11.1. The fourth-order valence-corrected chi connectivity index (χ4v) is 10.7. The average molecular weight is 691 g/mol. The molecule has 0 spiro atoms. The van der Waals surface area contributed by atoms with Gasteiger partial charge in [0.1, 0.15) is 0 Å². The molecule has 0 bridgehead atoms. The lowest BCUT2D eigenvalue weighted by Crippen LogP contribution is -2.50. The average Bonchev–Trinajstić information content (AvgIpc) is 3.31. The van der Waals surface area contributed by atoms with E-state index in [-0.39, 0.29) is 16.1 Å². The molecule has 1 aromatic carbocycles. The Kier molecular flexibility index (Phi) is 11.4. The maximum absolute atomic E-state index is 10.9. The molecule has 0 heterocycles. The minimum Gasteiger partial charge on any atom is -0.478 e. The number of benzene rings is 1. The van der Waals surface area contributed by atoms with Crippen molar-refractivity contribution in [3.63, 3.8) is 0 Å². The standard InChI is InChI=1S/C27H46O.C8H2Cl4O4/c1-18(2)7-6-8-19(3)23-11-12-24-22-10-9-20-17-21(28)13-15-26(20,4)25(22)14-16-27(23,24)5;9-3-1(7(13)14)2(8(15)16)4(10)6(12)5(3)11/h9,18-19,21-25,28H,6-8,10-17H2,1-5H3;(H,13,14)(H,15,16)/t19-,21+,22+,23-,24+,25+,26+,27-;/m1./s1. The summed E-state index contributed by atoms with van der Waals surface area (Å²) >= 11 is 22.4. The van der Waals surface area contributed by atoms with Crippen LogP contribution in [0.15, 0.2) is 11.6 Å². The topological polar surface area (TPSA) is 94.8 Å². The number of hydrogen-bond acceptors (Lipinski definition) is 3. The van der Waals surface area contributed by atoms with Crippen LogP contribution in [0.2, 0.25) is 20.1 Å². The van der Waals surface area contributed by atoms with Gasteiger partial charge in [0.05, 0.1) is 37.3 Å². The lowest BCUT2D eigenvalue weighted by Gasteiger charge is -2.58. The number of fused-ring (bicyclic) bond motifs is 5. The third-order valence-corrected chi connectivity index (χ3v) is 13.8. The zero-order valence-corrected chi connectivity index (χ0v) is 29.6. The summed E-state index contributed by atoms with van der Waals surface area (Å²) in [6, 6.07) is 0. The summed E-state index contributed by atoms with van der Waals surface area (Å²) in [6.07, 6.45) is 17.2. The van der Waals surface area contributed by atoms with Crippen LogP contribution >= 0.6 is 46.4 Å². The van der Waals surface area contributed by atoms with Gasteiger partial charge in [-0.15, -0.1) is 0 Å². The number of carboxylic acid groups (broad SMARTS) is 2. The predicted molar refractivity (Wildman–Crippen MR) is 179 cm³/mol. The second-order valence-electron chi connectivity index (χ2n) is 14.8. The second-order valence-corrected chi connectivity index (χ2v) is 16.3. The molecule has 9 heteroatoms. The van der Waals surface area contributed by atoms with Gasteiger partial charge in [0.2, 0.25) is 0 Å². The maximum atomic E-state index is 10.9. The number of allylic oxidation sites excluding steroid dienone is 1. The number of hydrogen-bond donors (Lipinski definition) is 3. The Balaban J connectivity index is 0.000000236. The third kappa shape index (κ3) is 6.70. The summed E-state index contributed by atoms with van der Waals surface area (Å²) in [5.41, 5.74) is 1.23. The van der Waals surface area contributed by atoms with Crippen LogP contribution in [0, 0.1) is 46.3 Å². The van der Waals surface area contributed by atoms with Crippen molar-refractivity contribution in [2.75, 3.05) is 0 Å². The van der Waals surface area contributed by atoms with Crippen LogP contribution in [0.25, 0.3) is 0 Å². The first-order chi connectivity index (χ1) is 20.5. The van der Waals surface area contributed by atoms with Crippen molar-refractivity contribution in [1.82, 2.24) is 0 Å². The minimum atomic E-state index is -1.55. The Bertz CT molecular complexity index is 1250. The zero-order chi connectivity index (χ0) is 32.7. The first-order valence-corrected chi connectivity index (χ1v) is 17.8. The van der Waals surface area contributed by atoms with Crippen molar-refractivity contribution >= 4 is 58.3 Å². The molecule has 4 aliphatic carbocycles. The number of rotatable bonds is 7. The van der Waals surface area contributed by atoms with Crippen LogP contribution in [0.3, 0.4) is 0 Å². The van der Waals surface area contributed by atoms with Gasteiger partial charge in [-0.1, -0.05) is 112 Å². The molecule has 5 rings (SSSR count). The summed E-state index contributed by atoms with van der Waals surface area (Å²) in [6.45, 7) is 12.6. The van der Waals surface area contributed by atoms with E-state index in [1.54, 1.807) is 5.57 Å². The number of aliphatic hydroxyl groups excluding tert-OH is 1. The van der Waals surface area contributed by atoms with Crippen molar-refractivity contribution in [2.24, 2.45) is 46.3 Å². The van der Waals surface area contributed by atoms with Gasteiger partial charge < -0.3 is 15.3 Å². The molecule has 0 aromatic heterocycles. The van der Waals surface area contributed by atoms with Crippen molar-refractivity contribution in [3.8, 4) is 0 Å². The summed E-state index contributed by atoms with van der Waals surface area (Å²) in [5, 5.41) is 26.4. The van der Waals surface area contributed by atoms with Crippen molar-refractivity contribution < 1.29 is 24.9 Å². The van der Waals surface area contributed by atoms with Crippen LogP contribution in [0.1, 0.15) is 126 Å². The smallest absolute Gasteiger partial charge is 0.338 e. The van der Waals surface area contributed by atoms with Crippen LogP contribution in [0.4, 0.5) is 0 Å². The summed E-state index contributed by atoms with van der Waals surface area (Å²) < 4.78 is 0. The van der Waals surface area contributed by atoms with E-state index in [0.717, 1.165) is 48.3 Å². The van der Waals surface area contributed by atoms with E-state index in [1.165, 1.54) is 57.8 Å². The van der Waals surface area contributed by atoms with E-state index in [4.69, 9.17) is 56.6 Å². The molecule has 1 aromatic rings. The lowest BCUT2D eigenvalue weighted by molar-refractivity contribution is -0.0573. The van der Waals surface area contributed by atoms with Crippen LogP contribution in [-0.2, 0) is 0 Å². The van der Waals surface area contributed by atoms with Gasteiger partial charge in [0.25, 0.3) is 0 Å². The monoisotopic (exact) mass is 688 g/mol. The van der Waals surface area contributed by atoms with Gasteiger partial charge >= 0.3 is 11.9 Å². The molecular weight excluding hydrogens is 642 g/mol. The molecule has 0 radical (unpaired) electrons. The van der Waals surface area contributed by atoms with Crippen LogP contribution < -0.4 is 0 Å². The fraction of sp³-hybridized carbons (Fsp3) is 0.714. The Morgan fingerprint density at radius 1 is 0.841 bits per heavy atom. The Morgan fingerprint density at radius 2 is 1.43 bits per heavy atom. The third-order valence-electron chi connectivity index (χ3n) is 12.0. The van der Waals surface area contributed by atoms with Crippen molar-refractivity contribution in [1.29, 1.82) is 0 Å². The van der Waals surface area contributed by atoms with E-state index in [2.05, 4.69) is 40.7 Å². The number of carboxylic acids is 2. The van der Waals surface area contributed by atoms with Crippen LogP contribution in [-0.4, -0.2) is 33.4 Å². The minimum absolute atomic E-state index is 0.0766. The van der Waals surface area contributed by atoms with Gasteiger partial charge in [-0.05, 0) is 97.7 Å². The molecule has 0 saturated heterocycles. The van der Waals surface area contributed by atoms with Crippen molar-refractivity contribution in [3.05, 3.63) is 42.9 Å². The molecule has 4 aliphatic rings. The van der Waals surface area contributed by atoms with E-state index >= 15 is 0 Å². The van der Waals surface area contributed by atoms with Crippen LogP contribution in [0.5, 0.6) is 0 Å². The largest absolute Gasteiger partial charge is 0.478 e. The normalized spacial score (nSPS) is 33.3. The fourth-order valence-electron chi connectivity index (χ4n) is 9.70. The van der Waals surface area contributed by atoms with E-state index < -0.39 is 33.1 Å². The highest BCUT2D eigenvalue weighted by Gasteiger charge is 2.59. The molecule has 8 atom stereocenters. The second kappa shape index (κ2) is 14.0. The van der Waals surface area contributed by atoms with Gasteiger partial charge in [-0.3, -0.25) is 0 Å². The highest BCUT2D eigenvalue weighted by molar-refractivity contribution is 6.53. The molecule has 0 amide bonds. The van der Waals surface area contributed by atoms with E-state index in [9.17, 15) is 14.7 Å². The Hall–Kier alpha value is -0.980. The van der Waals surface area contributed by atoms with Gasteiger partial charge in [-0.2, -0.15) is 0 Å². The SMILES string of the molecule is CC(C)CCC[C@@H](C)[C@H]1CC[C@H]2[C@@H]3CC=C4C[C@@H](O)CC[C@]4(C)[C@H]3CC[C@]12C.O=C(O)c1c(Cl)c(Cl)c(Cl)c(Cl)c1C(=O)O. The molecule has 3 N–H and O–H groups in total. The number of halogens is 4. The molecule has 0 aliphatic heterocycles. The van der Waals surface area contributed by atoms with E-state index in [0.29, 0.717) is 10.8 Å². The van der Waals surface area contributed by atoms with Gasteiger partial charge in [0.15, 0.2) is 0 Å². The van der Waals surface area contributed by atoms with Gasteiger partial charge in [0, 0.05) is 0 Å². The highest BCUT2D eigenvalue weighted by atomic mass is 35.5. The Labute approximate surface area is 282 Å². The summed E-state index contributed by atoms with van der Waals surface area (Å²) in [7, 11) is 0. The Morgan fingerprint density at radius 3 is 1.98 bits per heavy atom. The van der Waals surface area contributed by atoms with Crippen molar-refractivity contribution in [2.45, 2.75) is 111 Å². The first-order valence-electron chi connectivity index (χ1n) is 16.2. The molecular formula is C35H48Cl4O5. The molecule has 246 valence electrons. The molecule has 3 saturated carbocycles. The maximum Gasteiger partial charge on any atom is 0.338 e. The lowest BCUT2D eigenvalue weighted by atomic mass is 9.47. The zero-order valence-electron chi connectivity index (χ0n) is 26.6. The first kappa shape index (κ1) is 35.9. The molecule has 44 heavy (non-hydrogen) atoms. The molecule has 3 fully saturated rings. The molecule has 0 unspecified atom stereocenters. The summed E-state index contributed by atoms with van der Waals surface area (Å²) in [5.74, 6) is 2.35. The highest BCUT2D eigenvalue weighted by Crippen LogP contribution is 2.67. The summed E-state index contributed by atoms with van der Waals surface area (Å²) in [4.78, 5) is 21.7. The quantitative estimate of drug-likeness (QED) is 0.150. The number of carbonyl (C=O) groups is 2. The number of aliphatic hydroxyl groups is 1. The number of aromatic carboxylic acids is 2. The van der Waals surface area contributed by atoms with Gasteiger partial charge in [-0.25, -0.2) is 9.59 Å². The molecule has 5 nitrogen and oxygen atoms in total. The van der Waals surface area contributed by atoms with E-state index in [1.807, 2.05) is 0 Å².